The van der Waals surface area contributed by atoms with E-state index in [0.717, 1.165) is 27.1 Å². The fraction of sp³-hybridized carbons (Fsp3) is 0. The maximum absolute atomic E-state index is 4.46. The van der Waals surface area contributed by atoms with Crippen LogP contribution in [0.1, 0.15) is 5.56 Å². The lowest BCUT2D eigenvalue weighted by Gasteiger charge is -1.97. The van der Waals surface area contributed by atoms with E-state index in [-0.39, 0.29) is 0 Å². The van der Waals surface area contributed by atoms with Crippen LogP contribution in [0.3, 0.4) is 0 Å². The summed E-state index contributed by atoms with van der Waals surface area (Å²) in [4.78, 5) is 4.46. The molecular weight excluding hydrogens is 350 g/mol. The highest BCUT2D eigenvalue weighted by Gasteiger charge is 1.93. The molecule has 0 saturated carbocycles. The molecule has 0 atom stereocenters. The van der Waals surface area contributed by atoms with Crippen LogP contribution in [0.15, 0.2) is 98.6 Å². The zero-order valence-electron chi connectivity index (χ0n) is 12.3. The average Bonchev–Trinajstić information content (AvgIpc) is 2.60. The van der Waals surface area contributed by atoms with E-state index in [1.54, 1.807) is 0 Å². The lowest BCUT2D eigenvalue weighted by molar-refractivity contribution is 1.23. The molecule has 0 radical (unpaired) electrons. The van der Waals surface area contributed by atoms with Gasteiger partial charge in [0.2, 0.25) is 0 Å². The number of nitrogens with zero attached hydrogens (tertiary/aromatic N) is 3. The highest BCUT2D eigenvalue weighted by molar-refractivity contribution is 9.10. The van der Waals surface area contributed by atoms with Gasteiger partial charge >= 0.3 is 0 Å². The lowest BCUT2D eigenvalue weighted by atomic mass is 10.2. The molecule has 0 fully saturated rings. The quantitative estimate of drug-likeness (QED) is 0.369. The molecule has 0 aliphatic rings. The van der Waals surface area contributed by atoms with E-state index < -0.39 is 0 Å². The van der Waals surface area contributed by atoms with Crippen molar-refractivity contribution in [1.29, 1.82) is 0 Å². The topological polar surface area (TPSA) is 37.1 Å². The number of hydrogen-bond donors (Lipinski definition) is 0. The normalized spacial score (nSPS) is 11.3. The Morgan fingerprint density at radius 3 is 2.00 bits per heavy atom. The maximum Gasteiger partial charge on any atom is 0.0858 e. The molecule has 0 spiro atoms. The van der Waals surface area contributed by atoms with E-state index in [1.165, 1.54) is 0 Å². The maximum atomic E-state index is 4.46. The molecule has 0 aromatic heterocycles. The van der Waals surface area contributed by atoms with Gasteiger partial charge in [-0.2, -0.15) is 10.2 Å². The number of benzene rings is 3. The Kier molecular flexibility index (Phi) is 5.06. The Balaban J connectivity index is 1.68. The monoisotopic (exact) mass is 363 g/mol. The highest BCUT2D eigenvalue weighted by atomic mass is 79.9. The minimum absolute atomic E-state index is 0.801. The predicted octanol–water partition coefficient (Wildman–Crippen LogP) is 6.62. The molecule has 112 valence electrons. The van der Waals surface area contributed by atoms with Gasteiger partial charge in [0.05, 0.1) is 17.1 Å². The predicted molar refractivity (Wildman–Crippen MR) is 98.5 cm³/mol. The van der Waals surface area contributed by atoms with Gasteiger partial charge in [-0.15, -0.1) is 0 Å². The van der Waals surface area contributed by atoms with Crippen LogP contribution in [0, 0.1) is 0 Å². The minimum atomic E-state index is 0.801. The molecular formula is C19H14BrN3. The molecule has 0 amide bonds. The van der Waals surface area contributed by atoms with Crippen molar-refractivity contribution in [2.45, 2.75) is 0 Å². The smallest absolute Gasteiger partial charge is 0.0858 e. The van der Waals surface area contributed by atoms with Gasteiger partial charge in [0.15, 0.2) is 0 Å². The van der Waals surface area contributed by atoms with E-state index in [0.29, 0.717) is 0 Å². The third-order valence-electron chi connectivity index (χ3n) is 3.10. The van der Waals surface area contributed by atoms with Crippen LogP contribution in [0.2, 0.25) is 0 Å². The first kappa shape index (κ1) is 15.3. The second-order valence-corrected chi connectivity index (χ2v) is 5.78. The zero-order valence-corrected chi connectivity index (χ0v) is 13.9. The summed E-state index contributed by atoms with van der Waals surface area (Å²) in [6, 6.07) is 25.3. The van der Waals surface area contributed by atoms with E-state index >= 15 is 0 Å². The Hall–Kier alpha value is -2.59. The molecule has 0 N–H and O–H groups in total. The number of halogens is 1. The van der Waals surface area contributed by atoms with Crippen molar-refractivity contribution < 1.29 is 0 Å². The first-order valence-corrected chi connectivity index (χ1v) is 7.95. The van der Waals surface area contributed by atoms with E-state index in [1.807, 2.05) is 85.1 Å². The Labute approximate surface area is 143 Å². The second-order valence-electron chi connectivity index (χ2n) is 4.87. The first-order chi connectivity index (χ1) is 11.3. The van der Waals surface area contributed by atoms with Crippen molar-refractivity contribution in [3.63, 3.8) is 0 Å². The van der Waals surface area contributed by atoms with Gasteiger partial charge in [0.25, 0.3) is 0 Å². The molecule has 0 bridgehead atoms. The fourth-order valence-corrected chi connectivity index (χ4v) is 2.37. The molecule has 3 aromatic carbocycles. The van der Waals surface area contributed by atoms with Crippen molar-refractivity contribution in [2.24, 2.45) is 15.2 Å². The second kappa shape index (κ2) is 7.61. The van der Waals surface area contributed by atoms with Gasteiger partial charge < -0.3 is 0 Å². The number of rotatable bonds is 4. The largest absolute Gasteiger partial charge is 0.256 e. The summed E-state index contributed by atoms with van der Waals surface area (Å²) < 4.78 is 1.04. The van der Waals surface area contributed by atoms with Crippen LogP contribution >= 0.6 is 15.9 Å². The van der Waals surface area contributed by atoms with Crippen LogP contribution < -0.4 is 0 Å². The van der Waals surface area contributed by atoms with Gasteiger partial charge in [0, 0.05) is 10.7 Å². The third-order valence-corrected chi connectivity index (χ3v) is 3.59. The molecule has 3 nitrogen and oxygen atoms in total. The van der Waals surface area contributed by atoms with Gasteiger partial charge in [-0.25, -0.2) is 0 Å². The molecule has 4 heteroatoms. The summed E-state index contributed by atoms with van der Waals surface area (Å²) >= 11 is 3.45. The molecule has 0 heterocycles. The molecule has 3 aromatic rings. The highest BCUT2D eigenvalue weighted by Crippen LogP contribution is 2.21. The van der Waals surface area contributed by atoms with Crippen LogP contribution in [-0.2, 0) is 0 Å². The molecule has 0 saturated heterocycles. The summed E-state index contributed by atoms with van der Waals surface area (Å²) in [5.74, 6) is 0. The lowest BCUT2D eigenvalue weighted by Crippen LogP contribution is -1.79. The summed E-state index contributed by atoms with van der Waals surface area (Å²) in [6.07, 6.45) is 1.84. The SMILES string of the molecule is Brc1cccc(C=Nc2ccc(N=Nc3ccccc3)cc2)c1. The van der Waals surface area contributed by atoms with E-state index in [4.69, 9.17) is 0 Å². The summed E-state index contributed by atoms with van der Waals surface area (Å²) in [5, 5.41) is 8.41. The Morgan fingerprint density at radius 2 is 1.30 bits per heavy atom. The number of aliphatic imine (C=N–C) groups is 1. The van der Waals surface area contributed by atoms with E-state index in [9.17, 15) is 0 Å². The van der Waals surface area contributed by atoms with Crippen LogP contribution in [0.4, 0.5) is 17.1 Å². The third kappa shape index (κ3) is 4.69. The number of hydrogen-bond acceptors (Lipinski definition) is 3. The van der Waals surface area contributed by atoms with Gasteiger partial charge in [-0.05, 0) is 54.1 Å². The summed E-state index contributed by atoms with van der Waals surface area (Å²) in [7, 11) is 0. The molecule has 0 aliphatic carbocycles. The summed E-state index contributed by atoms with van der Waals surface area (Å²) in [5.41, 5.74) is 3.57. The Morgan fingerprint density at radius 1 is 0.652 bits per heavy atom. The standard InChI is InChI=1S/C19H14BrN3/c20-16-6-4-5-15(13-16)14-21-17-9-11-19(12-10-17)23-22-18-7-2-1-3-8-18/h1-14H. The molecule has 0 unspecified atom stereocenters. The van der Waals surface area contributed by atoms with Crippen molar-refractivity contribution >= 4 is 39.2 Å². The van der Waals surface area contributed by atoms with Gasteiger partial charge in [0.1, 0.15) is 0 Å². The van der Waals surface area contributed by atoms with Crippen LogP contribution in [-0.4, -0.2) is 6.21 Å². The van der Waals surface area contributed by atoms with E-state index in [2.05, 4.69) is 31.2 Å². The zero-order chi connectivity index (χ0) is 15.9. The number of azo groups is 1. The molecule has 23 heavy (non-hydrogen) atoms. The van der Waals surface area contributed by atoms with Crippen LogP contribution in [0.5, 0.6) is 0 Å². The minimum Gasteiger partial charge on any atom is -0.256 e. The van der Waals surface area contributed by atoms with Gasteiger partial charge in [-0.1, -0.05) is 46.3 Å². The summed E-state index contributed by atoms with van der Waals surface area (Å²) in [6.45, 7) is 0. The van der Waals surface area contributed by atoms with Crippen molar-refractivity contribution in [3.8, 4) is 0 Å². The van der Waals surface area contributed by atoms with Crippen molar-refractivity contribution in [2.75, 3.05) is 0 Å². The van der Waals surface area contributed by atoms with Gasteiger partial charge in [-0.3, -0.25) is 4.99 Å². The molecule has 0 aliphatic heterocycles. The fourth-order valence-electron chi connectivity index (χ4n) is 1.95. The average molecular weight is 364 g/mol. The van der Waals surface area contributed by atoms with Crippen LogP contribution in [0.25, 0.3) is 0 Å². The molecule has 3 rings (SSSR count). The Bertz CT molecular complexity index is 825. The first-order valence-electron chi connectivity index (χ1n) is 7.16. The van der Waals surface area contributed by atoms with Crippen molar-refractivity contribution in [3.05, 3.63) is 88.9 Å². The van der Waals surface area contributed by atoms with Crippen molar-refractivity contribution in [1.82, 2.24) is 0 Å².